The summed E-state index contributed by atoms with van der Waals surface area (Å²) >= 11 is 0. The highest BCUT2D eigenvalue weighted by Gasteiger charge is 2.17. The minimum atomic E-state index is -3.69. The summed E-state index contributed by atoms with van der Waals surface area (Å²) in [4.78, 5) is 14.6. The zero-order valence-corrected chi connectivity index (χ0v) is 18.1. The zero-order chi connectivity index (χ0) is 22.4. The molecule has 0 spiro atoms. The van der Waals surface area contributed by atoms with Crippen molar-refractivity contribution in [1.82, 2.24) is 10.2 Å². The van der Waals surface area contributed by atoms with E-state index in [1.807, 2.05) is 19.0 Å². The highest BCUT2D eigenvalue weighted by atomic mass is 32.2. The number of hydrogen-bond donors (Lipinski definition) is 2. The summed E-state index contributed by atoms with van der Waals surface area (Å²) in [6, 6.07) is 20.3. The fourth-order valence-corrected chi connectivity index (χ4v) is 4.16. The fraction of sp³-hybridized carbons (Fsp3) is 0.174. The predicted octanol–water partition coefficient (Wildman–Crippen LogP) is 3.66. The van der Waals surface area contributed by atoms with Crippen molar-refractivity contribution < 1.29 is 17.6 Å². The second kappa shape index (κ2) is 9.72. The summed E-state index contributed by atoms with van der Waals surface area (Å²) in [7, 11) is 0.0716. The van der Waals surface area contributed by atoms with Crippen LogP contribution >= 0.6 is 0 Å². The average Bonchev–Trinajstić information content (AvgIpc) is 2.75. The SMILES string of the molecule is CN(C)C(CNC(=O)c1ccc(NS(=O)(=O)c2ccccc2)cc1)c1ccc(F)cc1. The molecule has 0 fully saturated rings. The third-order valence-electron chi connectivity index (χ3n) is 4.79. The molecule has 3 rings (SSSR count). The molecule has 162 valence electrons. The number of anilines is 1. The second-order valence-electron chi connectivity index (χ2n) is 7.24. The van der Waals surface area contributed by atoms with Crippen molar-refractivity contribution in [3.8, 4) is 0 Å². The van der Waals surface area contributed by atoms with Gasteiger partial charge in [-0.05, 0) is 68.2 Å². The Hall–Kier alpha value is -3.23. The number of likely N-dealkylation sites (N-methyl/N-ethyl adjacent to an activating group) is 1. The molecule has 1 atom stereocenters. The lowest BCUT2D eigenvalue weighted by Crippen LogP contribution is -2.34. The van der Waals surface area contributed by atoms with Crippen LogP contribution < -0.4 is 10.0 Å². The quantitative estimate of drug-likeness (QED) is 0.559. The Balaban J connectivity index is 1.64. The van der Waals surface area contributed by atoms with Crippen molar-refractivity contribution in [2.24, 2.45) is 0 Å². The summed E-state index contributed by atoms with van der Waals surface area (Å²) in [5.74, 6) is -0.598. The molecule has 0 aromatic heterocycles. The Kier molecular flexibility index (Phi) is 7.04. The minimum absolute atomic E-state index is 0.124. The van der Waals surface area contributed by atoms with Crippen molar-refractivity contribution in [3.63, 3.8) is 0 Å². The highest BCUT2D eigenvalue weighted by Crippen LogP contribution is 2.19. The van der Waals surface area contributed by atoms with Gasteiger partial charge in [0.1, 0.15) is 5.82 Å². The van der Waals surface area contributed by atoms with Gasteiger partial charge in [0.05, 0.1) is 10.9 Å². The lowest BCUT2D eigenvalue weighted by molar-refractivity contribution is 0.0942. The van der Waals surface area contributed by atoms with Crippen molar-refractivity contribution in [2.45, 2.75) is 10.9 Å². The Morgan fingerprint density at radius 1 is 0.935 bits per heavy atom. The molecule has 8 heteroatoms. The van der Waals surface area contributed by atoms with E-state index in [0.717, 1.165) is 5.56 Å². The van der Waals surface area contributed by atoms with Crippen LogP contribution in [-0.4, -0.2) is 39.9 Å². The molecule has 0 heterocycles. The molecule has 0 aliphatic heterocycles. The minimum Gasteiger partial charge on any atom is -0.350 e. The number of nitrogens with one attached hydrogen (secondary N) is 2. The van der Waals surface area contributed by atoms with Gasteiger partial charge in [0.2, 0.25) is 0 Å². The molecule has 0 radical (unpaired) electrons. The molecule has 3 aromatic carbocycles. The molecular formula is C23H24FN3O3S. The Morgan fingerprint density at radius 3 is 2.13 bits per heavy atom. The van der Waals surface area contributed by atoms with Gasteiger partial charge >= 0.3 is 0 Å². The van der Waals surface area contributed by atoms with E-state index in [1.165, 1.54) is 24.3 Å². The maximum absolute atomic E-state index is 13.2. The van der Waals surface area contributed by atoms with Crippen LogP contribution in [0, 0.1) is 5.82 Å². The molecule has 2 N–H and O–H groups in total. The average molecular weight is 442 g/mol. The number of carbonyl (C=O) groups excluding carboxylic acids is 1. The molecule has 1 amide bonds. The predicted molar refractivity (Wildman–Crippen MR) is 119 cm³/mol. The van der Waals surface area contributed by atoms with Crippen LogP contribution in [0.25, 0.3) is 0 Å². The summed E-state index contributed by atoms with van der Waals surface area (Å²) in [6.45, 7) is 0.333. The van der Waals surface area contributed by atoms with E-state index < -0.39 is 10.0 Å². The van der Waals surface area contributed by atoms with Crippen LogP contribution in [0.4, 0.5) is 10.1 Å². The van der Waals surface area contributed by atoms with Crippen molar-refractivity contribution in [1.29, 1.82) is 0 Å². The van der Waals surface area contributed by atoms with Crippen molar-refractivity contribution >= 4 is 21.6 Å². The van der Waals surface area contributed by atoms with Gasteiger partial charge in [-0.1, -0.05) is 30.3 Å². The van der Waals surface area contributed by atoms with Gasteiger partial charge in [0.15, 0.2) is 0 Å². The van der Waals surface area contributed by atoms with Crippen LogP contribution in [0.15, 0.2) is 83.8 Å². The molecular weight excluding hydrogens is 417 g/mol. The van der Waals surface area contributed by atoms with Gasteiger partial charge in [-0.2, -0.15) is 0 Å². The zero-order valence-electron chi connectivity index (χ0n) is 17.2. The molecule has 0 saturated carbocycles. The van der Waals surface area contributed by atoms with Gasteiger partial charge < -0.3 is 10.2 Å². The monoisotopic (exact) mass is 441 g/mol. The van der Waals surface area contributed by atoms with E-state index in [4.69, 9.17) is 0 Å². The van der Waals surface area contributed by atoms with Crippen LogP contribution in [0.1, 0.15) is 22.0 Å². The first-order chi connectivity index (χ1) is 14.8. The summed E-state index contributed by atoms with van der Waals surface area (Å²) in [6.07, 6.45) is 0. The lowest BCUT2D eigenvalue weighted by atomic mass is 10.1. The number of amides is 1. The summed E-state index contributed by atoms with van der Waals surface area (Å²) in [5.41, 5.74) is 1.65. The fourth-order valence-electron chi connectivity index (χ4n) is 3.08. The smallest absolute Gasteiger partial charge is 0.261 e. The molecule has 6 nitrogen and oxygen atoms in total. The Morgan fingerprint density at radius 2 is 1.55 bits per heavy atom. The summed E-state index contributed by atoms with van der Waals surface area (Å²) < 4.78 is 40.5. The molecule has 0 bridgehead atoms. The molecule has 0 aliphatic carbocycles. The van der Waals surface area contributed by atoms with Crippen LogP contribution in [0.5, 0.6) is 0 Å². The summed E-state index contributed by atoms with van der Waals surface area (Å²) in [5, 5.41) is 2.87. The van der Waals surface area contributed by atoms with Crippen LogP contribution in [-0.2, 0) is 10.0 Å². The van der Waals surface area contributed by atoms with E-state index in [9.17, 15) is 17.6 Å². The first-order valence-corrected chi connectivity index (χ1v) is 11.1. The van der Waals surface area contributed by atoms with E-state index >= 15 is 0 Å². The van der Waals surface area contributed by atoms with Gasteiger partial charge in [-0.3, -0.25) is 9.52 Å². The van der Waals surface area contributed by atoms with Crippen LogP contribution in [0.3, 0.4) is 0 Å². The Labute approximate surface area is 181 Å². The second-order valence-corrected chi connectivity index (χ2v) is 8.92. The van der Waals surface area contributed by atoms with E-state index in [-0.39, 0.29) is 22.7 Å². The lowest BCUT2D eigenvalue weighted by Gasteiger charge is -2.25. The van der Waals surface area contributed by atoms with Gasteiger partial charge in [-0.25, -0.2) is 12.8 Å². The molecule has 31 heavy (non-hydrogen) atoms. The normalized spacial score (nSPS) is 12.4. The van der Waals surface area contributed by atoms with E-state index in [2.05, 4.69) is 10.0 Å². The number of rotatable bonds is 8. The standard InChI is InChI=1S/C23H24FN3O3S/c1-27(2)22(17-8-12-19(24)13-9-17)16-25-23(28)18-10-14-20(15-11-18)26-31(29,30)21-6-4-3-5-7-21/h3-15,22,26H,16H2,1-2H3,(H,25,28). The Bertz CT molecular complexity index is 1120. The number of carbonyl (C=O) groups is 1. The first kappa shape index (κ1) is 22.5. The largest absolute Gasteiger partial charge is 0.350 e. The molecule has 0 saturated heterocycles. The maximum Gasteiger partial charge on any atom is 0.261 e. The number of hydrogen-bond acceptors (Lipinski definition) is 4. The third kappa shape index (κ3) is 5.90. The van der Waals surface area contributed by atoms with Crippen molar-refractivity contribution in [2.75, 3.05) is 25.4 Å². The van der Waals surface area contributed by atoms with E-state index in [1.54, 1.807) is 54.6 Å². The van der Waals surface area contributed by atoms with Gasteiger partial charge in [0, 0.05) is 17.8 Å². The van der Waals surface area contributed by atoms with Crippen molar-refractivity contribution in [3.05, 3.63) is 95.8 Å². The molecule has 1 unspecified atom stereocenters. The van der Waals surface area contributed by atoms with E-state index in [0.29, 0.717) is 17.8 Å². The number of sulfonamides is 1. The topological polar surface area (TPSA) is 78.5 Å². The van der Waals surface area contributed by atoms with Crippen LogP contribution in [0.2, 0.25) is 0 Å². The number of halogens is 1. The molecule has 0 aliphatic rings. The first-order valence-electron chi connectivity index (χ1n) is 9.64. The maximum atomic E-state index is 13.2. The third-order valence-corrected chi connectivity index (χ3v) is 6.18. The highest BCUT2D eigenvalue weighted by molar-refractivity contribution is 7.92. The number of nitrogens with zero attached hydrogens (tertiary/aromatic N) is 1. The molecule has 3 aromatic rings. The van der Waals surface area contributed by atoms with Gasteiger partial charge in [0.25, 0.3) is 15.9 Å². The number of benzene rings is 3. The van der Waals surface area contributed by atoms with Gasteiger partial charge in [-0.15, -0.1) is 0 Å².